The second-order valence-electron chi connectivity index (χ2n) is 6.12. The van der Waals surface area contributed by atoms with Crippen molar-refractivity contribution in [1.29, 1.82) is 0 Å². The molecular formula is C21H18Cl2N2O2. The Labute approximate surface area is 167 Å². The lowest BCUT2D eigenvalue weighted by molar-refractivity contribution is -0.136. The van der Waals surface area contributed by atoms with Crippen LogP contribution in [-0.4, -0.2) is 11.0 Å². The van der Waals surface area contributed by atoms with Crippen molar-refractivity contribution in [3.05, 3.63) is 99.5 Å². The number of hydrazine groups is 1. The average Bonchev–Trinajstić information content (AvgIpc) is 2.67. The van der Waals surface area contributed by atoms with Crippen molar-refractivity contribution in [2.24, 2.45) is 0 Å². The molecule has 27 heavy (non-hydrogen) atoms. The molecule has 0 unspecified atom stereocenters. The minimum Gasteiger partial charge on any atom is -0.372 e. The molecule has 0 atom stereocenters. The van der Waals surface area contributed by atoms with E-state index >= 15 is 0 Å². The van der Waals surface area contributed by atoms with Crippen LogP contribution in [0, 0.1) is 6.92 Å². The van der Waals surface area contributed by atoms with Crippen LogP contribution in [0.5, 0.6) is 0 Å². The summed E-state index contributed by atoms with van der Waals surface area (Å²) in [7, 11) is 0. The average molecular weight is 401 g/mol. The van der Waals surface area contributed by atoms with Gasteiger partial charge in [-0.1, -0.05) is 65.7 Å². The number of rotatable bonds is 5. The third-order valence-corrected chi connectivity index (χ3v) is 4.81. The number of benzene rings is 3. The molecule has 0 saturated carbocycles. The summed E-state index contributed by atoms with van der Waals surface area (Å²) in [6, 6.07) is 20.5. The molecule has 1 amide bonds. The fraction of sp³-hybridized carbons (Fsp3) is 0.0952. The first-order chi connectivity index (χ1) is 12.9. The van der Waals surface area contributed by atoms with Crippen LogP contribution in [0.1, 0.15) is 16.7 Å². The molecule has 0 aromatic heterocycles. The van der Waals surface area contributed by atoms with Crippen LogP contribution < -0.4 is 10.9 Å². The number of halogens is 2. The first-order valence-corrected chi connectivity index (χ1v) is 9.03. The van der Waals surface area contributed by atoms with Gasteiger partial charge >= 0.3 is 0 Å². The summed E-state index contributed by atoms with van der Waals surface area (Å²) in [5.41, 5.74) is 6.01. The van der Waals surface area contributed by atoms with Gasteiger partial charge in [-0.05, 0) is 53.9 Å². The zero-order chi connectivity index (χ0) is 19.4. The first kappa shape index (κ1) is 19.2. The summed E-state index contributed by atoms with van der Waals surface area (Å²) in [5.74, 6) is -0.629. The van der Waals surface area contributed by atoms with Crippen molar-refractivity contribution in [1.82, 2.24) is 5.43 Å². The standard InChI is InChI=1S/C21H18Cl2N2O2/c1-14-4-2-3-5-19(14)24-25-20(26)21(27,15-6-10-17(22)11-7-15)16-8-12-18(23)13-9-16/h2-13,24,27H,1H3,(H,25,26). The molecule has 0 heterocycles. The van der Waals surface area contributed by atoms with Crippen LogP contribution in [0.3, 0.4) is 0 Å². The topological polar surface area (TPSA) is 61.4 Å². The SMILES string of the molecule is Cc1ccccc1NNC(=O)C(O)(c1ccc(Cl)cc1)c1ccc(Cl)cc1. The molecule has 0 bridgehead atoms. The predicted molar refractivity (Wildman–Crippen MR) is 109 cm³/mol. The van der Waals surface area contributed by atoms with Gasteiger partial charge in [0.05, 0.1) is 5.69 Å². The van der Waals surface area contributed by atoms with E-state index in [2.05, 4.69) is 10.9 Å². The lowest BCUT2D eigenvalue weighted by Gasteiger charge is -2.28. The van der Waals surface area contributed by atoms with Gasteiger partial charge in [-0.3, -0.25) is 15.6 Å². The lowest BCUT2D eigenvalue weighted by atomic mass is 9.85. The van der Waals surface area contributed by atoms with Gasteiger partial charge in [-0.2, -0.15) is 0 Å². The van der Waals surface area contributed by atoms with Gasteiger partial charge < -0.3 is 5.11 Å². The number of carbonyl (C=O) groups excluding carboxylic acids is 1. The largest absolute Gasteiger partial charge is 0.372 e. The molecule has 0 fully saturated rings. The van der Waals surface area contributed by atoms with Crippen molar-refractivity contribution in [3.63, 3.8) is 0 Å². The number of carbonyl (C=O) groups is 1. The summed E-state index contributed by atoms with van der Waals surface area (Å²) in [5, 5.41) is 12.4. The maximum absolute atomic E-state index is 13.0. The van der Waals surface area contributed by atoms with Crippen LogP contribution in [-0.2, 0) is 10.4 Å². The van der Waals surface area contributed by atoms with E-state index in [4.69, 9.17) is 23.2 Å². The van der Waals surface area contributed by atoms with Crippen molar-refractivity contribution >= 4 is 34.8 Å². The van der Waals surface area contributed by atoms with Gasteiger partial charge in [-0.15, -0.1) is 0 Å². The van der Waals surface area contributed by atoms with E-state index in [1.54, 1.807) is 48.5 Å². The molecule has 0 saturated heterocycles. The zero-order valence-electron chi connectivity index (χ0n) is 14.5. The number of aliphatic hydroxyl groups is 1. The van der Waals surface area contributed by atoms with Crippen LogP contribution in [0.4, 0.5) is 5.69 Å². The number of hydrogen-bond acceptors (Lipinski definition) is 3. The highest BCUT2D eigenvalue weighted by atomic mass is 35.5. The Hall–Kier alpha value is -2.53. The molecule has 0 aliphatic rings. The van der Waals surface area contributed by atoms with E-state index in [9.17, 15) is 9.90 Å². The van der Waals surface area contributed by atoms with E-state index in [0.717, 1.165) is 11.3 Å². The van der Waals surface area contributed by atoms with E-state index in [-0.39, 0.29) is 0 Å². The van der Waals surface area contributed by atoms with Crippen molar-refractivity contribution in [2.45, 2.75) is 12.5 Å². The molecule has 3 aromatic rings. The number of aryl methyl sites for hydroxylation is 1. The Kier molecular flexibility index (Phi) is 5.71. The quantitative estimate of drug-likeness (QED) is 0.544. The second-order valence-corrected chi connectivity index (χ2v) is 6.99. The summed E-state index contributed by atoms with van der Waals surface area (Å²) >= 11 is 11.9. The molecule has 3 rings (SSSR count). The highest BCUT2D eigenvalue weighted by Crippen LogP contribution is 2.32. The van der Waals surface area contributed by atoms with E-state index in [1.165, 1.54) is 0 Å². The number of nitrogens with one attached hydrogen (secondary N) is 2. The minimum absolute atomic E-state index is 0.387. The summed E-state index contributed by atoms with van der Waals surface area (Å²) in [6.45, 7) is 1.92. The third kappa shape index (κ3) is 4.08. The van der Waals surface area contributed by atoms with Crippen molar-refractivity contribution in [3.8, 4) is 0 Å². The highest BCUT2D eigenvalue weighted by molar-refractivity contribution is 6.30. The molecule has 0 radical (unpaired) electrons. The molecule has 138 valence electrons. The Morgan fingerprint density at radius 3 is 1.81 bits per heavy atom. The smallest absolute Gasteiger partial charge is 0.279 e. The van der Waals surface area contributed by atoms with Crippen LogP contribution in [0.2, 0.25) is 10.0 Å². The van der Waals surface area contributed by atoms with E-state index in [1.807, 2.05) is 31.2 Å². The fourth-order valence-electron chi connectivity index (χ4n) is 2.74. The van der Waals surface area contributed by atoms with Gasteiger partial charge in [0.25, 0.3) is 5.91 Å². The molecule has 0 aliphatic carbocycles. The number of hydrogen-bond donors (Lipinski definition) is 3. The first-order valence-electron chi connectivity index (χ1n) is 8.28. The Balaban J connectivity index is 1.96. The molecule has 4 nitrogen and oxygen atoms in total. The van der Waals surface area contributed by atoms with Gasteiger partial charge in [0.2, 0.25) is 0 Å². The molecule has 3 N–H and O–H groups in total. The lowest BCUT2D eigenvalue weighted by Crippen LogP contribution is -2.47. The van der Waals surface area contributed by atoms with Gasteiger partial charge in [0.1, 0.15) is 0 Å². The second kappa shape index (κ2) is 8.01. The monoisotopic (exact) mass is 400 g/mol. The van der Waals surface area contributed by atoms with Crippen LogP contribution >= 0.6 is 23.2 Å². The normalized spacial score (nSPS) is 11.1. The summed E-state index contributed by atoms with van der Waals surface area (Å²) < 4.78 is 0. The molecule has 0 spiro atoms. The maximum Gasteiger partial charge on any atom is 0.279 e. The number of anilines is 1. The van der Waals surface area contributed by atoms with Crippen molar-refractivity contribution in [2.75, 3.05) is 5.43 Å². The van der Waals surface area contributed by atoms with E-state index < -0.39 is 11.5 Å². The number of amides is 1. The summed E-state index contributed by atoms with van der Waals surface area (Å²) in [6.07, 6.45) is 0. The Bertz CT molecular complexity index is 896. The number of para-hydroxylation sites is 1. The van der Waals surface area contributed by atoms with Crippen LogP contribution in [0.25, 0.3) is 0 Å². The highest BCUT2D eigenvalue weighted by Gasteiger charge is 2.40. The fourth-order valence-corrected chi connectivity index (χ4v) is 2.99. The Morgan fingerprint density at radius 2 is 1.33 bits per heavy atom. The third-order valence-electron chi connectivity index (χ3n) is 4.31. The molecule has 3 aromatic carbocycles. The predicted octanol–water partition coefficient (Wildman–Crippen LogP) is 4.68. The molecular weight excluding hydrogens is 383 g/mol. The maximum atomic E-state index is 13.0. The van der Waals surface area contributed by atoms with Crippen molar-refractivity contribution < 1.29 is 9.90 Å². The van der Waals surface area contributed by atoms with Gasteiger partial charge in [0.15, 0.2) is 5.60 Å². The Morgan fingerprint density at radius 1 is 0.852 bits per heavy atom. The van der Waals surface area contributed by atoms with Gasteiger partial charge in [0, 0.05) is 10.0 Å². The molecule has 0 aliphatic heterocycles. The molecule has 6 heteroatoms. The minimum atomic E-state index is -1.93. The zero-order valence-corrected chi connectivity index (χ0v) is 16.1. The van der Waals surface area contributed by atoms with Gasteiger partial charge in [-0.25, -0.2) is 0 Å². The van der Waals surface area contributed by atoms with E-state index in [0.29, 0.717) is 21.2 Å². The van der Waals surface area contributed by atoms with Crippen LogP contribution in [0.15, 0.2) is 72.8 Å². The summed E-state index contributed by atoms with van der Waals surface area (Å²) in [4.78, 5) is 13.0.